The van der Waals surface area contributed by atoms with E-state index in [-0.39, 0.29) is 30.2 Å². The van der Waals surface area contributed by atoms with Crippen LogP contribution in [0.25, 0.3) is 15.2 Å². The van der Waals surface area contributed by atoms with Gasteiger partial charge in [-0.1, -0.05) is 24.7 Å². The molecule has 1 aromatic carbocycles. The van der Waals surface area contributed by atoms with Gasteiger partial charge in [-0.2, -0.15) is 10.2 Å². The first-order valence-electron chi connectivity index (χ1n) is 15.3. The van der Waals surface area contributed by atoms with E-state index >= 15 is 0 Å². The van der Waals surface area contributed by atoms with Crippen molar-refractivity contribution in [3.05, 3.63) is 68.4 Å². The van der Waals surface area contributed by atoms with Gasteiger partial charge in [-0.15, -0.1) is 4.80 Å². The number of thiophene rings is 1. The standard InChI is InChI=1S/C31H35FN6O6S/c1-3-4-15-43-24-10-5-19(32)16-22(24)25(44-21-8-6-20(39)7-9-21)17-36-30-26(18(2)29(45-30)38-34-13-14-35-38)28(41)37(31(36)42)23-11-12-33-27(23)40/h5,10,13-14,16,21,23,25H,3-4,6-9,11-12,15,17H2,1-2H3,(H,33,40)/t23-,25+/m1/s1. The van der Waals surface area contributed by atoms with Crippen molar-refractivity contribution in [2.24, 2.45) is 0 Å². The maximum absolute atomic E-state index is 14.8. The van der Waals surface area contributed by atoms with E-state index < -0.39 is 35.1 Å². The molecule has 1 N–H and O–H groups in total. The highest BCUT2D eigenvalue weighted by molar-refractivity contribution is 7.21. The SMILES string of the molecule is CCCCOc1ccc(F)cc1[C@H](Cn1c(=O)n([C@@H]2CCNC2=O)c(=O)c2c(C)c(-n3nccn3)sc21)OC1CCC(=O)CC1. The molecule has 4 heterocycles. The number of unbranched alkanes of at least 4 members (excludes halogenated alkanes) is 1. The van der Waals surface area contributed by atoms with Crippen molar-refractivity contribution in [1.82, 2.24) is 29.4 Å². The van der Waals surface area contributed by atoms with E-state index in [2.05, 4.69) is 15.5 Å². The predicted octanol–water partition coefficient (Wildman–Crippen LogP) is 3.76. The molecule has 6 rings (SSSR count). The second kappa shape index (κ2) is 13.1. The molecule has 1 aliphatic heterocycles. The van der Waals surface area contributed by atoms with Gasteiger partial charge in [0.15, 0.2) is 0 Å². The number of Topliss-reactive ketones (excluding diaryl/α,β-unsaturated/α-hetero) is 1. The Bertz CT molecular complexity index is 1840. The largest absolute Gasteiger partial charge is 0.493 e. The third-order valence-electron chi connectivity index (χ3n) is 8.42. The predicted molar refractivity (Wildman–Crippen MR) is 165 cm³/mol. The second-order valence-corrected chi connectivity index (χ2v) is 12.4. The Hall–Kier alpha value is -4.17. The molecule has 1 saturated carbocycles. The van der Waals surface area contributed by atoms with Crippen LogP contribution in [0.3, 0.4) is 0 Å². The molecule has 0 unspecified atom stereocenters. The number of fused-ring (bicyclic) bond motifs is 1. The summed E-state index contributed by atoms with van der Waals surface area (Å²) in [7, 11) is 0. The fourth-order valence-electron chi connectivity index (χ4n) is 6.02. The number of carbonyl (C=O) groups excluding carboxylic acids is 2. The smallest absolute Gasteiger partial charge is 0.332 e. The van der Waals surface area contributed by atoms with Crippen molar-refractivity contribution in [3.8, 4) is 10.8 Å². The number of amides is 1. The number of benzene rings is 1. The highest BCUT2D eigenvalue weighted by atomic mass is 32.1. The van der Waals surface area contributed by atoms with E-state index in [4.69, 9.17) is 9.47 Å². The molecule has 2 fully saturated rings. The lowest BCUT2D eigenvalue weighted by molar-refractivity contribution is -0.125. The van der Waals surface area contributed by atoms with Crippen LogP contribution in [0.1, 0.15) is 75.1 Å². The first-order valence-corrected chi connectivity index (χ1v) is 16.1. The molecular formula is C31H35FN6O6S. The van der Waals surface area contributed by atoms with Gasteiger partial charge in [-0.25, -0.2) is 13.8 Å². The number of rotatable bonds is 11. The van der Waals surface area contributed by atoms with E-state index in [0.29, 0.717) is 65.5 Å². The van der Waals surface area contributed by atoms with E-state index in [1.165, 1.54) is 45.2 Å². The third-order valence-corrected chi connectivity index (χ3v) is 9.70. The quantitative estimate of drug-likeness (QED) is 0.245. The minimum Gasteiger partial charge on any atom is -0.493 e. The van der Waals surface area contributed by atoms with Crippen LogP contribution in [-0.4, -0.2) is 55.1 Å². The molecule has 1 saturated heterocycles. The number of carbonyl (C=O) groups is 2. The Balaban J connectivity index is 1.53. The number of ketones is 1. The maximum Gasteiger partial charge on any atom is 0.332 e. The average Bonchev–Trinajstić information content (AvgIpc) is 3.78. The van der Waals surface area contributed by atoms with Crippen molar-refractivity contribution in [2.45, 2.75) is 83.6 Å². The van der Waals surface area contributed by atoms with Crippen LogP contribution in [0.4, 0.5) is 4.39 Å². The highest BCUT2D eigenvalue weighted by Gasteiger charge is 2.34. The highest BCUT2D eigenvalue weighted by Crippen LogP contribution is 2.36. The van der Waals surface area contributed by atoms with Gasteiger partial charge >= 0.3 is 5.69 Å². The molecule has 45 heavy (non-hydrogen) atoms. The van der Waals surface area contributed by atoms with Crippen molar-refractivity contribution in [1.29, 1.82) is 0 Å². The van der Waals surface area contributed by atoms with Gasteiger partial charge in [0, 0.05) is 30.5 Å². The van der Waals surface area contributed by atoms with E-state index in [0.717, 1.165) is 17.4 Å². The summed E-state index contributed by atoms with van der Waals surface area (Å²) >= 11 is 1.18. The Kier molecular flexibility index (Phi) is 8.95. The van der Waals surface area contributed by atoms with Crippen molar-refractivity contribution in [2.75, 3.05) is 13.2 Å². The van der Waals surface area contributed by atoms with Gasteiger partial charge in [-0.05, 0) is 50.8 Å². The fourth-order valence-corrected chi connectivity index (χ4v) is 7.24. The van der Waals surface area contributed by atoms with Crippen LogP contribution in [0.5, 0.6) is 5.75 Å². The number of aromatic nitrogens is 5. The number of hydrogen-bond donors (Lipinski definition) is 1. The molecule has 1 amide bonds. The van der Waals surface area contributed by atoms with Gasteiger partial charge < -0.3 is 14.8 Å². The summed E-state index contributed by atoms with van der Waals surface area (Å²) in [6, 6.07) is 3.25. The maximum atomic E-state index is 14.8. The number of hydrogen-bond acceptors (Lipinski definition) is 9. The summed E-state index contributed by atoms with van der Waals surface area (Å²) < 4.78 is 30.0. The number of aryl methyl sites for hydroxylation is 1. The number of halogens is 1. The second-order valence-electron chi connectivity index (χ2n) is 11.4. The Morgan fingerprint density at radius 1 is 1.11 bits per heavy atom. The lowest BCUT2D eigenvalue weighted by Gasteiger charge is -2.29. The number of ether oxygens (including phenoxy) is 2. The summed E-state index contributed by atoms with van der Waals surface area (Å²) in [5.74, 6) is -0.310. The molecule has 0 radical (unpaired) electrons. The topological polar surface area (TPSA) is 139 Å². The molecule has 4 aromatic rings. The molecule has 14 heteroatoms. The van der Waals surface area contributed by atoms with Gasteiger partial charge in [0.2, 0.25) is 5.91 Å². The molecule has 0 bridgehead atoms. The van der Waals surface area contributed by atoms with Crippen molar-refractivity contribution in [3.63, 3.8) is 0 Å². The van der Waals surface area contributed by atoms with Crippen LogP contribution in [0.15, 0.2) is 40.2 Å². The molecule has 2 atom stereocenters. The normalized spacial score (nSPS) is 18.1. The van der Waals surface area contributed by atoms with Crippen LogP contribution in [-0.2, 0) is 20.9 Å². The Morgan fingerprint density at radius 3 is 2.56 bits per heavy atom. The average molecular weight is 639 g/mol. The molecule has 238 valence electrons. The van der Waals surface area contributed by atoms with Gasteiger partial charge in [0.05, 0.1) is 37.0 Å². The van der Waals surface area contributed by atoms with E-state index in [1.54, 1.807) is 13.0 Å². The Morgan fingerprint density at radius 2 is 1.87 bits per heavy atom. The molecule has 2 aliphatic rings. The first kappa shape index (κ1) is 30.8. The van der Waals surface area contributed by atoms with Gasteiger partial charge in [-0.3, -0.25) is 19.0 Å². The summed E-state index contributed by atoms with van der Waals surface area (Å²) in [5, 5.41) is 12.0. The minimum absolute atomic E-state index is 0.103. The summed E-state index contributed by atoms with van der Waals surface area (Å²) in [6.45, 7) is 4.45. The van der Waals surface area contributed by atoms with Crippen molar-refractivity contribution >= 4 is 33.2 Å². The molecule has 3 aromatic heterocycles. The zero-order valence-corrected chi connectivity index (χ0v) is 26.0. The van der Waals surface area contributed by atoms with Crippen LogP contribution in [0, 0.1) is 12.7 Å². The minimum atomic E-state index is -0.975. The van der Waals surface area contributed by atoms with Crippen LogP contribution >= 0.6 is 11.3 Å². The lowest BCUT2D eigenvalue weighted by Crippen LogP contribution is -2.44. The molecule has 1 aliphatic carbocycles. The van der Waals surface area contributed by atoms with Crippen molar-refractivity contribution < 1.29 is 23.5 Å². The first-order chi connectivity index (χ1) is 21.8. The lowest BCUT2D eigenvalue weighted by atomic mass is 9.96. The van der Waals surface area contributed by atoms with Crippen LogP contribution < -0.4 is 21.3 Å². The zero-order valence-electron chi connectivity index (χ0n) is 25.2. The number of nitrogens with zero attached hydrogens (tertiary/aromatic N) is 5. The number of nitrogens with one attached hydrogen (secondary N) is 1. The molecule has 0 spiro atoms. The molecular weight excluding hydrogens is 603 g/mol. The Labute approximate surface area is 261 Å². The summed E-state index contributed by atoms with van der Waals surface area (Å²) in [6.07, 6.45) is 5.55. The fraction of sp³-hybridized carbons (Fsp3) is 0.484. The molecule has 12 nitrogen and oxygen atoms in total. The van der Waals surface area contributed by atoms with Gasteiger partial charge in [0.25, 0.3) is 5.56 Å². The van der Waals surface area contributed by atoms with Crippen LogP contribution in [0.2, 0.25) is 0 Å². The summed E-state index contributed by atoms with van der Waals surface area (Å²) in [4.78, 5) is 54.8. The summed E-state index contributed by atoms with van der Waals surface area (Å²) in [5.41, 5.74) is -0.262. The third kappa shape index (κ3) is 6.08. The van der Waals surface area contributed by atoms with E-state index in [9.17, 15) is 23.6 Å². The monoisotopic (exact) mass is 638 g/mol. The van der Waals surface area contributed by atoms with Gasteiger partial charge in [0.1, 0.15) is 39.3 Å². The van der Waals surface area contributed by atoms with E-state index in [1.807, 2.05) is 6.92 Å². The zero-order chi connectivity index (χ0) is 31.7.